The number of carbonyl (C=O) groups is 4. The first-order chi connectivity index (χ1) is 18.4. The van der Waals surface area contributed by atoms with Crippen LogP contribution in [0.4, 0.5) is 4.79 Å². The molecule has 0 saturated heterocycles. The predicted octanol–water partition coefficient (Wildman–Crippen LogP) is 3.79. The highest BCUT2D eigenvalue weighted by atomic mass is 16.6. The molecule has 1 aromatic rings. The molecule has 0 aromatic heterocycles. The zero-order valence-electron chi connectivity index (χ0n) is 24.4. The van der Waals surface area contributed by atoms with E-state index in [1.807, 2.05) is 19.1 Å². The normalized spacial score (nSPS) is 12.7. The number of hydrogen-bond acceptors (Lipinski definition) is 7. The van der Waals surface area contributed by atoms with Crippen LogP contribution in [0.2, 0.25) is 0 Å². The quantitative estimate of drug-likeness (QED) is 0.211. The van der Waals surface area contributed by atoms with E-state index in [9.17, 15) is 24.3 Å². The van der Waals surface area contributed by atoms with E-state index >= 15 is 0 Å². The van der Waals surface area contributed by atoms with E-state index < -0.39 is 48.2 Å². The maximum absolute atomic E-state index is 13.8. The van der Waals surface area contributed by atoms with Gasteiger partial charge in [0.05, 0.1) is 19.6 Å². The Morgan fingerprint density at radius 3 is 2.28 bits per heavy atom. The van der Waals surface area contributed by atoms with Gasteiger partial charge in [-0.25, -0.2) is 4.79 Å². The molecule has 3 amide bonds. The SMILES string of the molecule is CCCCCCCN(C(=O)C(CO)NC(=O)OC(C)(C)C)C(C(=O)NCCC(=O)OCC)c1ccccc1C. The third kappa shape index (κ3) is 12.5. The third-order valence-corrected chi connectivity index (χ3v) is 5.93. The highest BCUT2D eigenvalue weighted by molar-refractivity contribution is 5.92. The number of benzene rings is 1. The first kappa shape index (κ1) is 33.9. The zero-order chi connectivity index (χ0) is 29.4. The lowest BCUT2D eigenvalue weighted by Gasteiger charge is -2.34. The Kier molecular flexibility index (Phi) is 15.2. The Morgan fingerprint density at radius 2 is 1.69 bits per heavy atom. The standard InChI is InChI=1S/C29H47N3O7/c1-7-9-10-11-14-19-32(27(36)23(20-33)31-28(37)39-29(4,5)6)25(22-16-13-12-15-21(22)3)26(35)30-18-17-24(34)38-8-2/h12-13,15-16,23,25,33H,7-11,14,17-20H2,1-6H3,(H,30,35)(H,31,37). The van der Waals surface area contributed by atoms with Gasteiger partial charge in [0.1, 0.15) is 17.7 Å². The minimum absolute atomic E-state index is 0.00942. The van der Waals surface area contributed by atoms with Crippen LogP contribution >= 0.6 is 0 Å². The smallest absolute Gasteiger partial charge is 0.408 e. The predicted molar refractivity (Wildman–Crippen MR) is 149 cm³/mol. The van der Waals surface area contributed by atoms with Crippen molar-refractivity contribution < 1.29 is 33.8 Å². The van der Waals surface area contributed by atoms with Crippen molar-refractivity contribution in [2.24, 2.45) is 0 Å². The Morgan fingerprint density at radius 1 is 1.03 bits per heavy atom. The molecule has 3 N–H and O–H groups in total. The fourth-order valence-electron chi connectivity index (χ4n) is 4.05. The van der Waals surface area contributed by atoms with Gasteiger partial charge < -0.3 is 30.1 Å². The maximum Gasteiger partial charge on any atom is 0.408 e. The van der Waals surface area contributed by atoms with Crippen LogP contribution in [0.25, 0.3) is 0 Å². The Balaban J connectivity index is 3.33. The summed E-state index contributed by atoms with van der Waals surface area (Å²) < 4.78 is 10.2. The lowest BCUT2D eigenvalue weighted by Crippen LogP contribution is -2.54. The summed E-state index contributed by atoms with van der Waals surface area (Å²) in [6.45, 7) is 10.6. The van der Waals surface area contributed by atoms with Gasteiger partial charge in [0.25, 0.3) is 0 Å². The van der Waals surface area contributed by atoms with E-state index in [1.165, 1.54) is 4.90 Å². The van der Waals surface area contributed by atoms with E-state index in [0.29, 0.717) is 12.0 Å². The van der Waals surface area contributed by atoms with Crippen molar-refractivity contribution in [3.8, 4) is 0 Å². The molecular formula is C29H47N3O7. The number of amides is 3. The van der Waals surface area contributed by atoms with E-state index in [1.54, 1.807) is 39.8 Å². The highest BCUT2D eigenvalue weighted by Crippen LogP contribution is 2.26. The molecule has 39 heavy (non-hydrogen) atoms. The van der Waals surface area contributed by atoms with Gasteiger partial charge in [-0.1, -0.05) is 56.9 Å². The maximum atomic E-state index is 13.8. The van der Waals surface area contributed by atoms with Gasteiger partial charge in [-0.3, -0.25) is 14.4 Å². The number of alkyl carbamates (subject to hydrolysis) is 1. The van der Waals surface area contributed by atoms with Crippen molar-refractivity contribution in [2.75, 3.05) is 26.3 Å². The van der Waals surface area contributed by atoms with Crippen LogP contribution in [-0.4, -0.2) is 71.8 Å². The number of aliphatic hydroxyl groups is 1. The van der Waals surface area contributed by atoms with E-state index in [4.69, 9.17) is 9.47 Å². The average molecular weight is 550 g/mol. The van der Waals surface area contributed by atoms with Crippen molar-refractivity contribution in [1.29, 1.82) is 0 Å². The number of hydrogen-bond donors (Lipinski definition) is 3. The summed E-state index contributed by atoms with van der Waals surface area (Å²) in [5, 5.41) is 15.3. The molecule has 0 saturated carbocycles. The molecule has 0 aliphatic heterocycles. The number of unbranched alkanes of at least 4 members (excludes halogenated alkanes) is 4. The molecule has 2 atom stereocenters. The molecule has 10 nitrogen and oxygen atoms in total. The van der Waals surface area contributed by atoms with Crippen LogP contribution < -0.4 is 10.6 Å². The molecule has 0 aliphatic carbocycles. The van der Waals surface area contributed by atoms with E-state index in [2.05, 4.69) is 17.6 Å². The minimum Gasteiger partial charge on any atom is -0.466 e. The zero-order valence-corrected chi connectivity index (χ0v) is 24.4. The summed E-state index contributed by atoms with van der Waals surface area (Å²) in [7, 11) is 0. The monoisotopic (exact) mass is 549 g/mol. The van der Waals surface area contributed by atoms with Crippen molar-refractivity contribution in [2.45, 2.75) is 97.8 Å². The fraction of sp³-hybridized carbons (Fsp3) is 0.655. The number of nitrogens with zero attached hydrogens (tertiary/aromatic N) is 1. The second-order valence-electron chi connectivity index (χ2n) is 10.4. The molecule has 2 unspecified atom stereocenters. The second-order valence-corrected chi connectivity index (χ2v) is 10.4. The van der Waals surface area contributed by atoms with Crippen LogP contribution in [0.3, 0.4) is 0 Å². The first-order valence-electron chi connectivity index (χ1n) is 13.8. The minimum atomic E-state index is -1.31. The van der Waals surface area contributed by atoms with Gasteiger partial charge in [0.15, 0.2) is 0 Å². The van der Waals surface area contributed by atoms with Crippen molar-refractivity contribution in [3.63, 3.8) is 0 Å². The van der Waals surface area contributed by atoms with Gasteiger partial charge in [0.2, 0.25) is 11.8 Å². The summed E-state index contributed by atoms with van der Waals surface area (Å²) in [5.41, 5.74) is 0.615. The number of aliphatic hydroxyl groups excluding tert-OH is 1. The Hall–Kier alpha value is -3.14. The van der Waals surface area contributed by atoms with Gasteiger partial charge in [-0.05, 0) is 52.2 Å². The largest absolute Gasteiger partial charge is 0.466 e. The topological polar surface area (TPSA) is 134 Å². The lowest BCUT2D eigenvalue weighted by atomic mass is 9.97. The number of nitrogens with one attached hydrogen (secondary N) is 2. The van der Waals surface area contributed by atoms with Crippen molar-refractivity contribution in [3.05, 3.63) is 35.4 Å². The summed E-state index contributed by atoms with van der Waals surface area (Å²) >= 11 is 0. The van der Waals surface area contributed by atoms with E-state index in [0.717, 1.165) is 31.2 Å². The Bertz CT molecular complexity index is 930. The van der Waals surface area contributed by atoms with Gasteiger partial charge in [-0.15, -0.1) is 0 Å². The van der Waals surface area contributed by atoms with Gasteiger partial charge in [0, 0.05) is 13.1 Å². The molecule has 1 aromatic carbocycles. The summed E-state index contributed by atoms with van der Waals surface area (Å²) in [5.74, 6) is -1.51. The molecule has 10 heteroatoms. The second kappa shape index (κ2) is 17.4. The molecule has 0 heterocycles. The average Bonchev–Trinajstić information content (AvgIpc) is 2.86. The molecule has 0 spiro atoms. The first-order valence-corrected chi connectivity index (χ1v) is 13.8. The van der Waals surface area contributed by atoms with Crippen LogP contribution in [0, 0.1) is 6.92 Å². The van der Waals surface area contributed by atoms with Crippen LogP contribution in [0.5, 0.6) is 0 Å². The van der Waals surface area contributed by atoms with Crippen molar-refractivity contribution in [1.82, 2.24) is 15.5 Å². The molecule has 0 aliphatic rings. The van der Waals surface area contributed by atoms with E-state index in [-0.39, 0.29) is 26.1 Å². The molecule has 220 valence electrons. The van der Waals surface area contributed by atoms with Crippen LogP contribution in [0.1, 0.15) is 90.3 Å². The molecule has 0 fully saturated rings. The molecule has 0 bridgehead atoms. The number of carbonyl (C=O) groups excluding carboxylic acids is 4. The summed E-state index contributed by atoms with van der Waals surface area (Å²) in [6.07, 6.45) is 3.74. The third-order valence-electron chi connectivity index (χ3n) is 5.93. The van der Waals surface area contributed by atoms with Crippen molar-refractivity contribution >= 4 is 23.9 Å². The molecule has 0 radical (unpaired) electrons. The molecule has 1 rings (SSSR count). The number of ether oxygens (including phenoxy) is 2. The highest BCUT2D eigenvalue weighted by Gasteiger charge is 2.36. The Labute approximate surface area is 232 Å². The van der Waals surface area contributed by atoms with Crippen LogP contribution in [0.15, 0.2) is 24.3 Å². The lowest BCUT2D eigenvalue weighted by molar-refractivity contribution is -0.144. The fourth-order valence-corrected chi connectivity index (χ4v) is 4.05. The number of rotatable bonds is 16. The molecular weight excluding hydrogens is 502 g/mol. The summed E-state index contributed by atoms with van der Waals surface area (Å²) in [4.78, 5) is 53.1. The number of aryl methyl sites for hydroxylation is 1. The number of esters is 1. The summed E-state index contributed by atoms with van der Waals surface area (Å²) in [6, 6.07) is 4.90. The van der Waals surface area contributed by atoms with Gasteiger partial charge >= 0.3 is 12.1 Å². The van der Waals surface area contributed by atoms with Crippen LogP contribution in [-0.2, 0) is 23.9 Å². The van der Waals surface area contributed by atoms with Gasteiger partial charge in [-0.2, -0.15) is 0 Å².